The van der Waals surface area contributed by atoms with Gasteiger partial charge in [0.25, 0.3) is 0 Å². The summed E-state index contributed by atoms with van der Waals surface area (Å²) in [6.45, 7) is 0. The second kappa shape index (κ2) is 6.35. The molecule has 1 aliphatic rings. The van der Waals surface area contributed by atoms with Gasteiger partial charge >= 0.3 is 0 Å². The van der Waals surface area contributed by atoms with Crippen LogP contribution in [0.5, 0.6) is 0 Å². The fourth-order valence-electron chi connectivity index (χ4n) is 1.33. The molecule has 0 saturated carbocycles. The highest BCUT2D eigenvalue weighted by atomic mass is 35.5. The molecule has 0 aromatic heterocycles. The van der Waals surface area contributed by atoms with Crippen LogP contribution in [0.15, 0.2) is 24.3 Å². The second-order valence-electron chi connectivity index (χ2n) is 3.27. The lowest BCUT2D eigenvalue weighted by Crippen LogP contribution is -2.37. The molecule has 1 atom stereocenters. The minimum absolute atomic E-state index is 0. The Hall–Kier alpha value is -0.420. The summed E-state index contributed by atoms with van der Waals surface area (Å²) in [4.78, 5) is 11.7. The summed E-state index contributed by atoms with van der Waals surface area (Å²) in [5, 5.41) is 6.62. The van der Waals surface area contributed by atoms with E-state index >= 15 is 0 Å². The van der Waals surface area contributed by atoms with Crippen LogP contribution in [0.2, 0.25) is 5.02 Å². The Labute approximate surface area is 110 Å². The van der Waals surface area contributed by atoms with E-state index in [-0.39, 0.29) is 24.4 Å². The van der Waals surface area contributed by atoms with Crippen LogP contribution in [0.25, 0.3) is 0 Å². The van der Waals surface area contributed by atoms with Gasteiger partial charge in [-0.1, -0.05) is 11.6 Å². The van der Waals surface area contributed by atoms with Crippen molar-refractivity contribution in [2.75, 3.05) is 16.9 Å². The number of hydrogen-bond acceptors (Lipinski definition) is 3. The van der Waals surface area contributed by atoms with Gasteiger partial charge in [0, 0.05) is 22.3 Å². The zero-order valence-corrected chi connectivity index (χ0v) is 10.8. The van der Waals surface area contributed by atoms with Gasteiger partial charge in [-0.2, -0.15) is 0 Å². The Bertz CT molecular complexity index is 352. The average molecular weight is 279 g/mol. The summed E-state index contributed by atoms with van der Waals surface area (Å²) >= 11 is 7.48. The smallest absolute Gasteiger partial charge is 0.242 e. The SMILES string of the molecule is Cl.O=C(Nc1ccc(Cl)cc1)C1CSCN1. The van der Waals surface area contributed by atoms with Gasteiger partial charge in [-0.3, -0.25) is 10.1 Å². The molecule has 1 heterocycles. The molecule has 3 nitrogen and oxygen atoms in total. The number of amides is 1. The number of benzene rings is 1. The zero-order chi connectivity index (χ0) is 10.7. The number of carbonyl (C=O) groups excluding carboxylic acids is 1. The van der Waals surface area contributed by atoms with Crippen LogP contribution in [0.4, 0.5) is 5.69 Å². The van der Waals surface area contributed by atoms with E-state index in [1.54, 1.807) is 36.0 Å². The summed E-state index contributed by atoms with van der Waals surface area (Å²) in [6.07, 6.45) is 0. The van der Waals surface area contributed by atoms with Gasteiger partial charge in [0.1, 0.15) is 0 Å². The molecule has 0 aliphatic carbocycles. The van der Waals surface area contributed by atoms with Gasteiger partial charge in [-0.15, -0.1) is 24.2 Å². The quantitative estimate of drug-likeness (QED) is 0.873. The average Bonchev–Trinajstić information content (AvgIpc) is 2.74. The minimum Gasteiger partial charge on any atom is -0.325 e. The third-order valence-electron chi connectivity index (χ3n) is 2.14. The maximum atomic E-state index is 11.7. The van der Waals surface area contributed by atoms with Gasteiger partial charge in [0.15, 0.2) is 0 Å². The van der Waals surface area contributed by atoms with Crippen molar-refractivity contribution >= 4 is 47.4 Å². The summed E-state index contributed by atoms with van der Waals surface area (Å²) in [6, 6.07) is 7.03. The maximum Gasteiger partial charge on any atom is 0.242 e. The molecule has 16 heavy (non-hydrogen) atoms. The molecule has 6 heteroatoms. The fraction of sp³-hybridized carbons (Fsp3) is 0.300. The number of carbonyl (C=O) groups is 1. The Kier molecular flexibility index (Phi) is 5.41. The fourth-order valence-corrected chi connectivity index (χ4v) is 2.39. The van der Waals surface area contributed by atoms with Gasteiger partial charge < -0.3 is 5.32 Å². The summed E-state index contributed by atoms with van der Waals surface area (Å²) in [5.74, 6) is 1.69. The highest BCUT2D eigenvalue weighted by molar-refractivity contribution is 7.99. The zero-order valence-electron chi connectivity index (χ0n) is 8.40. The molecule has 1 aliphatic heterocycles. The van der Waals surface area contributed by atoms with E-state index in [9.17, 15) is 4.79 Å². The lowest BCUT2D eigenvalue weighted by molar-refractivity contribution is -0.117. The number of nitrogens with one attached hydrogen (secondary N) is 2. The molecule has 1 saturated heterocycles. The van der Waals surface area contributed by atoms with Crippen LogP contribution in [-0.4, -0.2) is 23.6 Å². The van der Waals surface area contributed by atoms with Gasteiger partial charge in [0.05, 0.1) is 6.04 Å². The molecule has 88 valence electrons. The third-order valence-corrected chi connectivity index (χ3v) is 3.34. The van der Waals surface area contributed by atoms with Crippen molar-refractivity contribution in [2.45, 2.75) is 6.04 Å². The van der Waals surface area contributed by atoms with Crippen molar-refractivity contribution in [3.05, 3.63) is 29.3 Å². The van der Waals surface area contributed by atoms with Gasteiger partial charge in [0.2, 0.25) is 5.91 Å². The molecule has 2 N–H and O–H groups in total. The Balaban J connectivity index is 0.00000128. The molecule has 1 unspecified atom stereocenters. The molecule has 1 aromatic rings. The van der Waals surface area contributed by atoms with Gasteiger partial charge in [-0.25, -0.2) is 0 Å². The standard InChI is InChI=1S/C10H11ClN2OS.ClH/c11-7-1-3-8(4-2-7)13-10(14)9-5-15-6-12-9;/h1-4,9,12H,5-6H2,(H,13,14);1H. The van der Waals surface area contributed by atoms with Crippen molar-refractivity contribution in [3.63, 3.8) is 0 Å². The van der Waals surface area contributed by atoms with Crippen LogP contribution in [0.3, 0.4) is 0 Å². The molecule has 0 bridgehead atoms. The number of anilines is 1. The Morgan fingerprint density at radius 2 is 2.12 bits per heavy atom. The van der Waals surface area contributed by atoms with Crippen molar-refractivity contribution in [1.82, 2.24) is 5.32 Å². The first-order valence-electron chi connectivity index (χ1n) is 4.63. The largest absolute Gasteiger partial charge is 0.325 e. The van der Waals surface area contributed by atoms with Crippen LogP contribution in [0, 0.1) is 0 Å². The van der Waals surface area contributed by atoms with Crippen molar-refractivity contribution in [2.24, 2.45) is 0 Å². The highest BCUT2D eigenvalue weighted by Gasteiger charge is 2.22. The molecule has 1 amide bonds. The summed E-state index contributed by atoms with van der Waals surface area (Å²) in [5.41, 5.74) is 0.781. The van der Waals surface area contributed by atoms with Gasteiger partial charge in [-0.05, 0) is 24.3 Å². The number of rotatable bonds is 2. The van der Waals surface area contributed by atoms with Crippen LogP contribution in [-0.2, 0) is 4.79 Å². The molecule has 0 spiro atoms. The van der Waals surface area contributed by atoms with Crippen LogP contribution < -0.4 is 10.6 Å². The second-order valence-corrected chi connectivity index (χ2v) is 4.73. The predicted octanol–water partition coefficient (Wildman–Crippen LogP) is 2.36. The normalized spacial score (nSPS) is 18.9. The minimum atomic E-state index is -0.0781. The lowest BCUT2D eigenvalue weighted by Gasteiger charge is -2.10. The van der Waals surface area contributed by atoms with E-state index < -0.39 is 0 Å². The van der Waals surface area contributed by atoms with Crippen LogP contribution in [0.1, 0.15) is 0 Å². The topological polar surface area (TPSA) is 41.1 Å². The first-order chi connectivity index (χ1) is 7.25. The van der Waals surface area contributed by atoms with Crippen LogP contribution >= 0.6 is 35.8 Å². The Morgan fingerprint density at radius 3 is 2.69 bits per heavy atom. The monoisotopic (exact) mass is 278 g/mol. The summed E-state index contributed by atoms with van der Waals surface area (Å²) in [7, 11) is 0. The molecular weight excluding hydrogens is 267 g/mol. The first kappa shape index (κ1) is 13.6. The highest BCUT2D eigenvalue weighted by Crippen LogP contribution is 2.15. The van der Waals surface area contributed by atoms with E-state index in [2.05, 4.69) is 10.6 Å². The maximum absolute atomic E-state index is 11.7. The molecular formula is C10H12Cl2N2OS. The van der Waals surface area contributed by atoms with E-state index in [4.69, 9.17) is 11.6 Å². The van der Waals surface area contributed by atoms with E-state index in [0.717, 1.165) is 17.3 Å². The van der Waals surface area contributed by atoms with Crippen molar-refractivity contribution < 1.29 is 4.79 Å². The molecule has 1 fully saturated rings. The molecule has 0 radical (unpaired) electrons. The molecule has 1 aromatic carbocycles. The predicted molar refractivity (Wildman–Crippen MR) is 71.6 cm³/mol. The lowest BCUT2D eigenvalue weighted by atomic mass is 10.3. The van der Waals surface area contributed by atoms with E-state index in [1.165, 1.54) is 0 Å². The van der Waals surface area contributed by atoms with Crippen molar-refractivity contribution in [3.8, 4) is 0 Å². The van der Waals surface area contributed by atoms with Crippen molar-refractivity contribution in [1.29, 1.82) is 0 Å². The number of thioether (sulfide) groups is 1. The van der Waals surface area contributed by atoms with E-state index in [0.29, 0.717) is 5.02 Å². The third kappa shape index (κ3) is 3.56. The number of hydrogen-bond donors (Lipinski definition) is 2. The number of halogens is 2. The first-order valence-corrected chi connectivity index (χ1v) is 6.16. The Morgan fingerprint density at radius 1 is 1.44 bits per heavy atom. The van der Waals surface area contributed by atoms with E-state index in [1.807, 2.05) is 0 Å². The molecule has 2 rings (SSSR count). The summed E-state index contributed by atoms with van der Waals surface area (Å²) < 4.78 is 0.